The van der Waals surface area contributed by atoms with Gasteiger partial charge in [-0.25, -0.2) is 0 Å². The fraction of sp³-hybridized carbons (Fsp3) is 0.536. The number of nitrogens with one attached hydrogen (secondary N) is 1. The molecule has 2 saturated carbocycles. The van der Waals surface area contributed by atoms with E-state index in [2.05, 4.69) is 11.4 Å². The highest BCUT2D eigenvalue weighted by molar-refractivity contribution is 6.30. The highest BCUT2D eigenvalue weighted by Gasteiger charge is 2.45. The lowest BCUT2D eigenvalue weighted by Gasteiger charge is -2.48. The van der Waals surface area contributed by atoms with Gasteiger partial charge in [-0.05, 0) is 87.6 Å². The molecule has 1 N–H and O–H groups in total. The average molecular weight is 484 g/mol. The molecular formula is C28H34ClNO4. The molecule has 2 aromatic carbocycles. The Morgan fingerprint density at radius 3 is 2.74 bits per heavy atom. The molecular weight excluding hydrogens is 450 g/mol. The summed E-state index contributed by atoms with van der Waals surface area (Å²) < 4.78 is 18.2. The molecule has 2 fully saturated rings. The number of ether oxygens (including phenoxy) is 3. The second kappa shape index (κ2) is 10.1. The highest BCUT2D eigenvalue weighted by Crippen LogP contribution is 2.49. The van der Waals surface area contributed by atoms with Crippen LogP contribution >= 0.6 is 11.6 Å². The fourth-order valence-corrected chi connectivity index (χ4v) is 5.76. The topological polar surface area (TPSA) is 56.8 Å². The van der Waals surface area contributed by atoms with Crippen molar-refractivity contribution in [3.8, 4) is 17.2 Å². The molecule has 1 unspecified atom stereocenters. The van der Waals surface area contributed by atoms with Gasteiger partial charge in [0.25, 0.3) is 0 Å². The first-order chi connectivity index (χ1) is 16.5. The number of fused-ring (bicyclic) bond motifs is 1. The number of hydrogen-bond acceptors (Lipinski definition) is 4. The molecule has 2 aliphatic carbocycles. The number of aryl methyl sites for hydroxylation is 1. The van der Waals surface area contributed by atoms with E-state index in [9.17, 15) is 4.79 Å². The van der Waals surface area contributed by atoms with Crippen LogP contribution in [0.5, 0.6) is 17.2 Å². The zero-order valence-electron chi connectivity index (χ0n) is 19.9. The lowest BCUT2D eigenvalue weighted by molar-refractivity contribution is -0.123. The van der Waals surface area contributed by atoms with Crippen molar-refractivity contribution < 1.29 is 19.0 Å². The summed E-state index contributed by atoms with van der Waals surface area (Å²) in [7, 11) is 1.68. The van der Waals surface area contributed by atoms with Crippen molar-refractivity contribution in [1.82, 2.24) is 5.32 Å². The van der Waals surface area contributed by atoms with Crippen LogP contribution in [0.2, 0.25) is 5.02 Å². The molecule has 2 aromatic rings. The van der Waals surface area contributed by atoms with Crippen LogP contribution < -0.4 is 19.5 Å². The summed E-state index contributed by atoms with van der Waals surface area (Å²) in [4.78, 5) is 13.0. The summed E-state index contributed by atoms with van der Waals surface area (Å²) >= 11 is 6.26. The molecule has 1 spiro atoms. The van der Waals surface area contributed by atoms with E-state index in [1.165, 1.54) is 19.3 Å². The standard InChI is InChI=1S/C28H34ClNO4/c1-32-25-11-4-7-19(27(25)33-21-9-2-3-10-21)8-5-12-26(31)30-23-18-28(15-6-16-28)34-24-14-13-20(29)17-22(23)24/h4,7,11,13-14,17,21,23H,2-3,5-6,8-10,12,15-16,18H2,1H3,(H,30,31). The SMILES string of the molecule is COc1cccc(CCCC(=O)NC2CC3(CCC3)Oc3ccc(Cl)cc32)c1OC1CCCC1. The Balaban J connectivity index is 1.21. The minimum absolute atomic E-state index is 0.0617. The maximum Gasteiger partial charge on any atom is 0.220 e. The van der Waals surface area contributed by atoms with E-state index in [-0.39, 0.29) is 23.7 Å². The van der Waals surface area contributed by atoms with Gasteiger partial charge in [-0.2, -0.15) is 0 Å². The van der Waals surface area contributed by atoms with Crippen LogP contribution in [0.25, 0.3) is 0 Å². The Morgan fingerprint density at radius 1 is 1.18 bits per heavy atom. The van der Waals surface area contributed by atoms with Gasteiger partial charge in [-0.15, -0.1) is 0 Å². The number of rotatable bonds is 8. The molecule has 5 rings (SSSR count). The van der Waals surface area contributed by atoms with Crippen LogP contribution in [0.1, 0.15) is 81.4 Å². The zero-order valence-corrected chi connectivity index (χ0v) is 20.7. The van der Waals surface area contributed by atoms with Crippen molar-refractivity contribution in [2.45, 2.75) is 88.4 Å². The molecule has 0 aromatic heterocycles. The Hall–Kier alpha value is -2.40. The maximum absolute atomic E-state index is 13.0. The molecule has 1 amide bonds. The van der Waals surface area contributed by atoms with Crippen LogP contribution in [0.15, 0.2) is 36.4 Å². The van der Waals surface area contributed by atoms with Crippen LogP contribution in [0, 0.1) is 0 Å². The van der Waals surface area contributed by atoms with Gasteiger partial charge in [-0.3, -0.25) is 4.79 Å². The Kier molecular flexibility index (Phi) is 6.91. The van der Waals surface area contributed by atoms with Gasteiger partial charge < -0.3 is 19.5 Å². The summed E-state index contributed by atoms with van der Waals surface area (Å²) in [5.41, 5.74) is 1.96. The van der Waals surface area contributed by atoms with E-state index in [0.29, 0.717) is 11.4 Å². The van der Waals surface area contributed by atoms with Crippen molar-refractivity contribution in [2.24, 2.45) is 0 Å². The molecule has 0 radical (unpaired) electrons. The van der Waals surface area contributed by atoms with E-state index >= 15 is 0 Å². The molecule has 1 atom stereocenters. The zero-order chi connectivity index (χ0) is 23.5. The van der Waals surface area contributed by atoms with Crippen LogP contribution in [-0.2, 0) is 11.2 Å². The smallest absolute Gasteiger partial charge is 0.220 e. The van der Waals surface area contributed by atoms with E-state index in [1.54, 1.807) is 7.11 Å². The lowest BCUT2D eigenvalue weighted by Crippen LogP contribution is -2.49. The highest BCUT2D eigenvalue weighted by atomic mass is 35.5. The Bertz CT molecular complexity index is 1030. The van der Waals surface area contributed by atoms with Gasteiger partial charge in [0.1, 0.15) is 11.4 Å². The predicted molar refractivity (Wildman–Crippen MR) is 133 cm³/mol. The average Bonchev–Trinajstić information content (AvgIpc) is 3.32. The first kappa shape index (κ1) is 23.3. The number of hydrogen-bond donors (Lipinski definition) is 1. The second-order valence-electron chi connectivity index (χ2n) is 9.97. The fourth-order valence-electron chi connectivity index (χ4n) is 5.58. The minimum Gasteiger partial charge on any atom is -0.493 e. The minimum atomic E-state index is -0.133. The van der Waals surface area contributed by atoms with Crippen LogP contribution in [0.4, 0.5) is 0 Å². The third-order valence-corrected chi connectivity index (χ3v) is 7.80. The molecule has 0 saturated heterocycles. The van der Waals surface area contributed by atoms with Crippen molar-refractivity contribution in [2.75, 3.05) is 7.11 Å². The number of methoxy groups -OCH3 is 1. The molecule has 6 heteroatoms. The summed E-state index contributed by atoms with van der Waals surface area (Å²) in [5.74, 6) is 2.53. The number of carbonyl (C=O) groups excluding carboxylic acids is 1. The normalized spacial score (nSPS) is 20.8. The van der Waals surface area contributed by atoms with Gasteiger partial charge in [0, 0.05) is 23.4 Å². The monoisotopic (exact) mass is 483 g/mol. The molecule has 5 nitrogen and oxygen atoms in total. The summed E-state index contributed by atoms with van der Waals surface area (Å²) in [6, 6.07) is 11.7. The van der Waals surface area contributed by atoms with Gasteiger partial charge in [-0.1, -0.05) is 23.7 Å². The third kappa shape index (κ3) is 5.00. The molecule has 182 valence electrons. The molecule has 34 heavy (non-hydrogen) atoms. The first-order valence-electron chi connectivity index (χ1n) is 12.7. The predicted octanol–water partition coefficient (Wildman–Crippen LogP) is 6.56. The van der Waals surface area contributed by atoms with Crippen molar-refractivity contribution in [3.05, 3.63) is 52.5 Å². The molecule has 3 aliphatic rings. The summed E-state index contributed by atoms with van der Waals surface area (Å²) in [6.45, 7) is 0. The largest absolute Gasteiger partial charge is 0.493 e. The van der Waals surface area contributed by atoms with Gasteiger partial charge in [0.05, 0.1) is 19.3 Å². The Labute approximate surface area is 207 Å². The molecule has 1 heterocycles. The van der Waals surface area contributed by atoms with Crippen molar-refractivity contribution in [3.63, 3.8) is 0 Å². The Morgan fingerprint density at radius 2 is 2.00 bits per heavy atom. The number of carbonyl (C=O) groups is 1. The quantitative estimate of drug-likeness (QED) is 0.462. The van der Waals surface area contributed by atoms with E-state index in [0.717, 1.165) is 73.3 Å². The molecule has 0 bridgehead atoms. The van der Waals surface area contributed by atoms with Crippen LogP contribution in [-0.4, -0.2) is 24.7 Å². The van der Waals surface area contributed by atoms with Gasteiger partial charge in [0.15, 0.2) is 11.5 Å². The maximum atomic E-state index is 13.0. The van der Waals surface area contributed by atoms with Crippen LogP contribution in [0.3, 0.4) is 0 Å². The van der Waals surface area contributed by atoms with E-state index in [4.69, 9.17) is 25.8 Å². The summed E-state index contributed by atoms with van der Waals surface area (Å²) in [6.07, 6.45) is 10.9. The van der Waals surface area contributed by atoms with Crippen molar-refractivity contribution >= 4 is 17.5 Å². The first-order valence-corrected chi connectivity index (χ1v) is 13.0. The number of halogens is 1. The number of amides is 1. The van der Waals surface area contributed by atoms with Gasteiger partial charge in [0.2, 0.25) is 5.91 Å². The van der Waals surface area contributed by atoms with Gasteiger partial charge >= 0.3 is 0 Å². The lowest BCUT2D eigenvalue weighted by atomic mass is 9.73. The second-order valence-corrected chi connectivity index (χ2v) is 10.4. The van der Waals surface area contributed by atoms with E-state index < -0.39 is 0 Å². The molecule has 1 aliphatic heterocycles. The van der Waals surface area contributed by atoms with E-state index in [1.807, 2.05) is 30.3 Å². The van der Waals surface area contributed by atoms with Crippen molar-refractivity contribution in [1.29, 1.82) is 0 Å². The number of para-hydroxylation sites is 1. The summed E-state index contributed by atoms with van der Waals surface area (Å²) in [5, 5.41) is 3.94. The third-order valence-electron chi connectivity index (χ3n) is 7.57. The number of benzene rings is 2.